The number of hydrogen-bond acceptors (Lipinski definition) is 4. The highest BCUT2D eigenvalue weighted by Gasteiger charge is 2.17. The van der Waals surface area contributed by atoms with E-state index in [9.17, 15) is 9.50 Å². The molecule has 0 saturated carbocycles. The van der Waals surface area contributed by atoms with Crippen molar-refractivity contribution in [2.75, 3.05) is 19.8 Å². The van der Waals surface area contributed by atoms with Crippen LogP contribution in [0.3, 0.4) is 0 Å². The fraction of sp³-hybridized carbons (Fsp3) is 0.600. The lowest BCUT2D eigenvalue weighted by molar-refractivity contribution is 0.0240. The Morgan fingerprint density at radius 1 is 1.35 bits per heavy atom. The first kappa shape index (κ1) is 17.0. The smallest absolute Gasteiger partial charge is 0.128 e. The van der Waals surface area contributed by atoms with Crippen LogP contribution in [0.2, 0.25) is 0 Å². The summed E-state index contributed by atoms with van der Waals surface area (Å²) in [7, 11) is 0. The lowest BCUT2D eigenvalue weighted by atomic mass is 10.0. The van der Waals surface area contributed by atoms with E-state index < -0.39 is 6.10 Å². The zero-order valence-electron chi connectivity index (χ0n) is 12.1. The summed E-state index contributed by atoms with van der Waals surface area (Å²) in [6.07, 6.45) is -0.0600. The average Bonchev–Trinajstić information content (AvgIpc) is 2.39. The Kier molecular flexibility index (Phi) is 7.09. The van der Waals surface area contributed by atoms with E-state index in [-0.39, 0.29) is 31.2 Å². The van der Waals surface area contributed by atoms with Crippen molar-refractivity contribution in [3.05, 3.63) is 35.6 Å². The minimum atomic E-state index is -0.667. The average molecular weight is 285 g/mol. The van der Waals surface area contributed by atoms with Crippen LogP contribution in [0.15, 0.2) is 24.3 Å². The van der Waals surface area contributed by atoms with Gasteiger partial charge >= 0.3 is 0 Å². The topological polar surface area (TPSA) is 61.7 Å². The van der Waals surface area contributed by atoms with Crippen molar-refractivity contribution in [1.29, 1.82) is 0 Å². The fourth-order valence-corrected chi connectivity index (χ4v) is 1.74. The number of nitrogens with one attached hydrogen (secondary N) is 1. The minimum Gasteiger partial charge on any atom is -0.396 e. The molecule has 4 nitrogen and oxygen atoms in total. The van der Waals surface area contributed by atoms with Crippen LogP contribution >= 0.6 is 0 Å². The molecular weight excluding hydrogens is 261 g/mol. The molecule has 5 heteroatoms. The standard InChI is InChI=1S/C15H24FNO3/c1-15(2,7-8-18)17-9-13(19)11-20-10-12-5-3-4-6-14(12)16/h3-6,13,17-19H,7-11H2,1-2H3. The molecule has 0 aliphatic carbocycles. The Hall–Kier alpha value is -1.01. The van der Waals surface area contributed by atoms with E-state index >= 15 is 0 Å². The second-order valence-corrected chi connectivity index (χ2v) is 5.50. The maximum Gasteiger partial charge on any atom is 0.128 e. The van der Waals surface area contributed by atoms with E-state index in [0.29, 0.717) is 18.5 Å². The van der Waals surface area contributed by atoms with Crippen LogP contribution in [0, 0.1) is 5.82 Å². The van der Waals surface area contributed by atoms with E-state index in [4.69, 9.17) is 9.84 Å². The summed E-state index contributed by atoms with van der Waals surface area (Å²) in [5.74, 6) is -0.302. The highest BCUT2D eigenvalue weighted by Crippen LogP contribution is 2.09. The molecule has 0 aliphatic heterocycles. The molecule has 0 fully saturated rings. The highest BCUT2D eigenvalue weighted by atomic mass is 19.1. The number of aliphatic hydroxyl groups excluding tert-OH is 2. The first-order valence-corrected chi connectivity index (χ1v) is 6.80. The largest absolute Gasteiger partial charge is 0.396 e. The van der Waals surface area contributed by atoms with Crippen LogP contribution in [0.4, 0.5) is 4.39 Å². The number of ether oxygens (including phenoxy) is 1. The molecule has 0 aliphatic rings. The third-order valence-corrected chi connectivity index (χ3v) is 3.08. The predicted molar refractivity (Wildman–Crippen MR) is 75.8 cm³/mol. The van der Waals surface area contributed by atoms with Crippen LogP contribution in [0.1, 0.15) is 25.8 Å². The predicted octanol–water partition coefficient (Wildman–Crippen LogP) is 1.45. The molecule has 0 heterocycles. The fourth-order valence-electron chi connectivity index (χ4n) is 1.74. The van der Waals surface area contributed by atoms with Gasteiger partial charge in [-0.3, -0.25) is 0 Å². The van der Waals surface area contributed by atoms with Crippen LogP contribution < -0.4 is 5.32 Å². The maximum atomic E-state index is 13.3. The molecule has 0 bridgehead atoms. The Bertz CT molecular complexity index is 398. The molecule has 0 aromatic heterocycles. The molecule has 20 heavy (non-hydrogen) atoms. The molecule has 1 aromatic rings. The molecule has 0 amide bonds. The Morgan fingerprint density at radius 2 is 2.05 bits per heavy atom. The summed E-state index contributed by atoms with van der Waals surface area (Å²) >= 11 is 0. The molecule has 0 spiro atoms. The van der Waals surface area contributed by atoms with Gasteiger partial charge in [-0.05, 0) is 26.3 Å². The van der Waals surface area contributed by atoms with Crippen molar-refractivity contribution in [3.8, 4) is 0 Å². The van der Waals surface area contributed by atoms with Crippen molar-refractivity contribution < 1.29 is 19.3 Å². The molecular formula is C15H24FNO3. The molecule has 1 rings (SSSR count). The first-order valence-electron chi connectivity index (χ1n) is 6.80. The SMILES string of the molecule is CC(C)(CCO)NCC(O)COCc1ccccc1F. The summed E-state index contributed by atoms with van der Waals surface area (Å²) in [5.41, 5.74) is 0.245. The van der Waals surface area contributed by atoms with Gasteiger partial charge in [-0.15, -0.1) is 0 Å². The van der Waals surface area contributed by atoms with E-state index in [0.717, 1.165) is 0 Å². The van der Waals surface area contributed by atoms with Crippen LogP contribution in [-0.4, -0.2) is 41.6 Å². The Morgan fingerprint density at radius 3 is 2.70 bits per heavy atom. The maximum absolute atomic E-state index is 13.3. The number of rotatable bonds is 9. The zero-order valence-corrected chi connectivity index (χ0v) is 12.1. The van der Waals surface area contributed by atoms with Crippen molar-refractivity contribution in [3.63, 3.8) is 0 Å². The van der Waals surface area contributed by atoms with Gasteiger partial charge in [0.05, 0.1) is 19.3 Å². The Balaban J connectivity index is 2.24. The van der Waals surface area contributed by atoms with Gasteiger partial charge in [-0.25, -0.2) is 4.39 Å². The second kappa shape index (κ2) is 8.32. The second-order valence-electron chi connectivity index (χ2n) is 5.50. The van der Waals surface area contributed by atoms with Gasteiger partial charge in [-0.1, -0.05) is 18.2 Å². The zero-order chi connectivity index (χ0) is 15.0. The molecule has 0 saturated heterocycles. The van der Waals surface area contributed by atoms with E-state index in [1.807, 2.05) is 13.8 Å². The molecule has 1 atom stereocenters. The molecule has 1 unspecified atom stereocenters. The third kappa shape index (κ3) is 6.43. The number of hydrogen-bond donors (Lipinski definition) is 3. The molecule has 1 aromatic carbocycles. The summed E-state index contributed by atoms with van der Waals surface area (Å²) < 4.78 is 18.6. The van der Waals surface area contributed by atoms with E-state index in [2.05, 4.69) is 5.32 Å². The van der Waals surface area contributed by atoms with Crippen molar-refractivity contribution in [1.82, 2.24) is 5.32 Å². The van der Waals surface area contributed by atoms with Crippen molar-refractivity contribution in [2.24, 2.45) is 0 Å². The minimum absolute atomic E-state index is 0.0971. The number of benzene rings is 1. The Labute approximate surface area is 119 Å². The summed E-state index contributed by atoms with van der Waals surface area (Å²) in [4.78, 5) is 0. The number of halogens is 1. The van der Waals surface area contributed by atoms with E-state index in [1.54, 1.807) is 18.2 Å². The monoisotopic (exact) mass is 285 g/mol. The van der Waals surface area contributed by atoms with Gasteiger partial charge in [0.15, 0.2) is 0 Å². The summed E-state index contributed by atoms with van der Waals surface area (Å²) in [6.45, 7) is 4.65. The van der Waals surface area contributed by atoms with Gasteiger partial charge in [0, 0.05) is 24.3 Å². The van der Waals surface area contributed by atoms with Gasteiger partial charge in [0.2, 0.25) is 0 Å². The third-order valence-electron chi connectivity index (χ3n) is 3.08. The molecule has 3 N–H and O–H groups in total. The van der Waals surface area contributed by atoms with Gasteiger partial charge < -0.3 is 20.3 Å². The number of aliphatic hydroxyl groups is 2. The number of β-amino-alcohol motifs (C(OH)–C–C–N with tert-alkyl or cyclic N) is 1. The lowest BCUT2D eigenvalue weighted by Gasteiger charge is -2.27. The lowest BCUT2D eigenvalue weighted by Crippen LogP contribution is -2.45. The first-order chi connectivity index (χ1) is 9.44. The summed E-state index contributed by atoms with van der Waals surface area (Å²) in [6, 6.07) is 6.41. The van der Waals surface area contributed by atoms with Crippen LogP contribution in [0.5, 0.6) is 0 Å². The van der Waals surface area contributed by atoms with Crippen LogP contribution in [-0.2, 0) is 11.3 Å². The van der Waals surface area contributed by atoms with Crippen LogP contribution in [0.25, 0.3) is 0 Å². The van der Waals surface area contributed by atoms with E-state index in [1.165, 1.54) is 6.07 Å². The quantitative estimate of drug-likeness (QED) is 0.643. The van der Waals surface area contributed by atoms with Crippen molar-refractivity contribution >= 4 is 0 Å². The van der Waals surface area contributed by atoms with Gasteiger partial charge in [0.25, 0.3) is 0 Å². The van der Waals surface area contributed by atoms with Gasteiger partial charge in [0.1, 0.15) is 5.82 Å². The molecule has 0 radical (unpaired) electrons. The summed E-state index contributed by atoms with van der Waals surface area (Å²) in [5, 5.41) is 21.8. The van der Waals surface area contributed by atoms with Gasteiger partial charge in [-0.2, -0.15) is 0 Å². The highest BCUT2D eigenvalue weighted by molar-refractivity contribution is 5.16. The normalized spacial score (nSPS) is 13.4. The van der Waals surface area contributed by atoms with Crippen molar-refractivity contribution in [2.45, 2.75) is 38.5 Å². The molecule has 114 valence electrons.